The lowest BCUT2D eigenvalue weighted by molar-refractivity contribution is 0.0987. The third kappa shape index (κ3) is 3.88. The van der Waals surface area contributed by atoms with Crippen molar-refractivity contribution in [2.45, 2.75) is 33.1 Å². The van der Waals surface area contributed by atoms with Gasteiger partial charge in [-0.3, -0.25) is 4.79 Å². The summed E-state index contributed by atoms with van der Waals surface area (Å²) in [7, 11) is 3.11. The van der Waals surface area contributed by atoms with Crippen molar-refractivity contribution < 1.29 is 19.0 Å². The van der Waals surface area contributed by atoms with Gasteiger partial charge in [-0.25, -0.2) is 0 Å². The Kier molecular flexibility index (Phi) is 6.19. The summed E-state index contributed by atoms with van der Waals surface area (Å²) in [6, 6.07) is 3.41. The predicted molar refractivity (Wildman–Crippen MR) is 74.6 cm³/mol. The van der Waals surface area contributed by atoms with E-state index in [0.29, 0.717) is 35.8 Å². The maximum absolute atomic E-state index is 11.8. The van der Waals surface area contributed by atoms with E-state index in [-0.39, 0.29) is 5.78 Å². The molecule has 4 heteroatoms. The van der Waals surface area contributed by atoms with Crippen molar-refractivity contribution >= 4 is 5.78 Å². The molecule has 0 unspecified atom stereocenters. The maximum Gasteiger partial charge on any atom is 0.203 e. The largest absolute Gasteiger partial charge is 0.493 e. The van der Waals surface area contributed by atoms with E-state index in [1.807, 2.05) is 6.92 Å². The molecule has 0 atom stereocenters. The van der Waals surface area contributed by atoms with Gasteiger partial charge >= 0.3 is 0 Å². The zero-order valence-electron chi connectivity index (χ0n) is 12.1. The van der Waals surface area contributed by atoms with Crippen LogP contribution in [0.4, 0.5) is 0 Å². The highest BCUT2D eigenvalue weighted by atomic mass is 16.5. The maximum atomic E-state index is 11.8. The first-order chi connectivity index (χ1) is 9.17. The summed E-state index contributed by atoms with van der Waals surface area (Å²) >= 11 is 0. The smallest absolute Gasteiger partial charge is 0.203 e. The van der Waals surface area contributed by atoms with E-state index in [1.54, 1.807) is 26.4 Å². The molecule has 4 nitrogen and oxygen atoms in total. The third-order valence-electron chi connectivity index (χ3n) is 2.85. The first kappa shape index (κ1) is 15.3. The van der Waals surface area contributed by atoms with Gasteiger partial charge in [0.15, 0.2) is 17.3 Å². The molecule has 0 aliphatic rings. The summed E-state index contributed by atoms with van der Waals surface area (Å²) < 4.78 is 16.3. The standard InChI is InChI=1S/C15H22O4/c1-5-7-8-19-15-13(17-3)9-11(12(16)6-2)10-14(15)18-4/h9-10H,5-8H2,1-4H3. The summed E-state index contributed by atoms with van der Waals surface area (Å²) in [4.78, 5) is 11.8. The quantitative estimate of drug-likeness (QED) is 0.534. The molecule has 0 saturated carbocycles. The number of carbonyl (C=O) groups excluding carboxylic acids is 1. The van der Waals surface area contributed by atoms with Crippen LogP contribution in [-0.2, 0) is 0 Å². The molecular formula is C15H22O4. The second kappa shape index (κ2) is 7.67. The number of hydrogen-bond acceptors (Lipinski definition) is 4. The minimum atomic E-state index is 0.0525. The molecule has 1 rings (SSSR count). The predicted octanol–water partition coefficient (Wildman–Crippen LogP) is 3.48. The number of rotatable bonds is 8. The van der Waals surface area contributed by atoms with Crippen molar-refractivity contribution in [3.63, 3.8) is 0 Å². The van der Waals surface area contributed by atoms with Gasteiger partial charge in [-0.1, -0.05) is 20.3 Å². The van der Waals surface area contributed by atoms with Crippen LogP contribution in [0.2, 0.25) is 0 Å². The minimum Gasteiger partial charge on any atom is -0.493 e. The fourth-order valence-corrected chi connectivity index (χ4v) is 1.71. The second-order valence-electron chi connectivity index (χ2n) is 4.19. The molecular weight excluding hydrogens is 244 g/mol. The number of ketones is 1. The molecule has 0 saturated heterocycles. The van der Waals surface area contributed by atoms with Crippen molar-refractivity contribution in [1.82, 2.24) is 0 Å². The van der Waals surface area contributed by atoms with Crippen LogP contribution >= 0.6 is 0 Å². The molecule has 1 aromatic rings. The molecule has 0 fully saturated rings. The Hall–Kier alpha value is -1.71. The minimum absolute atomic E-state index is 0.0525. The van der Waals surface area contributed by atoms with Gasteiger partial charge in [-0.05, 0) is 18.6 Å². The Balaban J connectivity index is 3.10. The Morgan fingerprint density at radius 2 is 1.68 bits per heavy atom. The lowest BCUT2D eigenvalue weighted by Crippen LogP contribution is -2.04. The topological polar surface area (TPSA) is 44.8 Å². The van der Waals surface area contributed by atoms with E-state index in [1.165, 1.54) is 0 Å². The normalized spacial score (nSPS) is 10.1. The lowest BCUT2D eigenvalue weighted by Gasteiger charge is -2.15. The highest BCUT2D eigenvalue weighted by Crippen LogP contribution is 2.39. The zero-order valence-corrected chi connectivity index (χ0v) is 12.1. The average molecular weight is 266 g/mol. The summed E-state index contributed by atoms with van der Waals surface area (Å²) in [5, 5.41) is 0. The number of ether oxygens (including phenoxy) is 3. The monoisotopic (exact) mass is 266 g/mol. The summed E-state index contributed by atoms with van der Waals surface area (Å²) in [6.07, 6.45) is 2.46. The Labute approximate surface area is 114 Å². The third-order valence-corrected chi connectivity index (χ3v) is 2.85. The van der Waals surface area contributed by atoms with Crippen molar-refractivity contribution in [1.29, 1.82) is 0 Å². The molecule has 0 aromatic heterocycles. The van der Waals surface area contributed by atoms with Crippen LogP contribution in [0.3, 0.4) is 0 Å². The van der Waals surface area contributed by atoms with Gasteiger partial charge in [0.1, 0.15) is 0 Å². The number of Topliss-reactive ketones (excluding diaryl/α,β-unsaturated/α-hetero) is 1. The zero-order chi connectivity index (χ0) is 14.3. The van der Waals surface area contributed by atoms with Crippen molar-refractivity contribution in [2.24, 2.45) is 0 Å². The van der Waals surface area contributed by atoms with Crippen LogP contribution in [-0.4, -0.2) is 26.6 Å². The van der Waals surface area contributed by atoms with E-state index in [2.05, 4.69) is 6.92 Å². The molecule has 0 aliphatic carbocycles. The van der Waals surface area contributed by atoms with Crippen LogP contribution in [0.25, 0.3) is 0 Å². The van der Waals surface area contributed by atoms with Crippen molar-refractivity contribution in [2.75, 3.05) is 20.8 Å². The van der Waals surface area contributed by atoms with Crippen LogP contribution in [0.5, 0.6) is 17.2 Å². The van der Waals surface area contributed by atoms with E-state index in [0.717, 1.165) is 12.8 Å². The number of benzene rings is 1. The Morgan fingerprint density at radius 1 is 1.11 bits per heavy atom. The van der Waals surface area contributed by atoms with Crippen molar-refractivity contribution in [3.8, 4) is 17.2 Å². The van der Waals surface area contributed by atoms with Crippen LogP contribution in [0, 0.1) is 0 Å². The van der Waals surface area contributed by atoms with Gasteiger partial charge in [0.25, 0.3) is 0 Å². The molecule has 106 valence electrons. The molecule has 19 heavy (non-hydrogen) atoms. The number of hydrogen-bond donors (Lipinski definition) is 0. The fraction of sp³-hybridized carbons (Fsp3) is 0.533. The van der Waals surface area contributed by atoms with Crippen LogP contribution in [0.15, 0.2) is 12.1 Å². The summed E-state index contributed by atoms with van der Waals surface area (Å²) in [5.41, 5.74) is 0.582. The Morgan fingerprint density at radius 3 is 2.11 bits per heavy atom. The molecule has 0 radical (unpaired) electrons. The Bertz CT molecular complexity index is 401. The molecule has 0 bridgehead atoms. The first-order valence-electron chi connectivity index (χ1n) is 6.59. The lowest BCUT2D eigenvalue weighted by atomic mass is 10.1. The van der Waals surface area contributed by atoms with Gasteiger partial charge in [0.2, 0.25) is 5.75 Å². The van der Waals surface area contributed by atoms with Crippen LogP contribution < -0.4 is 14.2 Å². The number of methoxy groups -OCH3 is 2. The van der Waals surface area contributed by atoms with E-state index in [4.69, 9.17) is 14.2 Å². The SMILES string of the molecule is CCCCOc1c(OC)cc(C(=O)CC)cc1OC. The van der Waals surface area contributed by atoms with Gasteiger partial charge in [-0.15, -0.1) is 0 Å². The fourth-order valence-electron chi connectivity index (χ4n) is 1.71. The van der Waals surface area contributed by atoms with E-state index >= 15 is 0 Å². The average Bonchev–Trinajstić information content (AvgIpc) is 2.46. The van der Waals surface area contributed by atoms with Gasteiger partial charge < -0.3 is 14.2 Å². The van der Waals surface area contributed by atoms with Crippen molar-refractivity contribution in [3.05, 3.63) is 17.7 Å². The molecule has 0 amide bonds. The highest BCUT2D eigenvalue weighted by Gasteiger charge is 2.16. The number of carbonyl (C=O) groups is 1. The molecule has 0 heterocycles. The summed E-state index contributed by atoms with van der Waals surface area (Å²) in [5.74, 6) is 1.68. The highest BCUT2D eigenvalue weighted by molar-refractivity contribution is 5.97. The summed E-state index contributed by atoms with van der Waals surface area (Å²) in [6.45, 7) is 4.53. The molecule has 0 aliphatic heterocycles. The molecule has 1 aromatic carbocycles. The van der Waals surface area contributed by atoms with E-state index < -0.39 is 0 Å². The number of unbranched alkanes of at least 4 members (excludes halogenated alkanes) is 1. The van der Waals surface area contributed by atoms with Gasteiger partial charge in [0, 0.05) is 12.0 Å². The van der Waals surface area contributed by atoms with Crippen LogP contribution in [0.1, 0.15) is 43.5 Å². The molecule has 0 N–H and O–H groups in total. The van der Waals surface area contributed by atoms with E-state index in [9.17, 15) is 4.79 Å². The molecule has 0 spiro atoms. The van der Waals surface area contributed by atoms with Gasteiger partial charge in [0.05, 0.1) is 20.8 Å². The second-order valence-corrected chi connectivity index (χ2v) is 4.19. The van der Waals surface area contributed by atoms with Gasteiger partial charge in [-0.2, -0.15) is 0 Å². The first-order valence-corrected chi connectivity index (χ1v) is 6.59.